The summed E-state index contributed by atoms with van der Waals surface area (Å²) in [6.45, 7) is 6.62. The number of aromatic nitrogens is 3. The predicted octanol–water partition coefficient (Wildman–Crippen LogP) is 6.86. The molecule has 0 saturated heterocycles. The van der Waals surface area contributed by atoms with Gasteiger partial charge in [0, 0.05) is 48.4 Å². The third kappa shape index (κ3) is 7.24. The van der Waals surface area contributed by atoms with Crippen LogP contribution in [0.3, 0.4) is 0 Å². The number of benzene rings is 2. The van der Waals surface area contributed by atoms with Crippen molar-refractivity contribution in [2.24, 2.45) is 0 Å². The number of nitrogens with one attached hydrogen (secondary N) is 2. The molecule has 3 heterocycles. The third-order valence-electron chi connectivity index (χ3n) is 7.58. The average molecular weight is 616 g/mol. The molecule has 11 heteroatoms. The third-order valence-corrected chi connectivity index (χ3v) is 7.88. The van der Waals surface area contributed by atoms with E-state index in [1.54, 1.807) is 24.3 Å². The van der Waals surface area contributed by atoms with Crippen LogP contribution in [0.4, 0.5) is 17.1 Å². The van der Waals surface area contributed by atoms with E-state index in [9.17, 15) is 10.1 Å². The number of aryl methyl sites for hydroxylation is 1. The van der Waals surface area contributed by atoms with Crippen molar-refractivity contribution in [3.63, 3.8) is 0 Å². The van der Waals surface area contributed by atoms with E-state index in [-0.39, 0.29) is 5.91 Å². The van der Waals surface area contributed by atoms with E-state index in [1.165, 1.54) is 6.20 Å². The number of halogens is 1. The molecule has 0 fully saturated rings. The Hall–Kier alpha value is -4.33. The molecule has 2 aromatic heterocycles. The Bertz CT molecular complexity index is 1700. The molecule has 1 amide bonds. The molecule has 4 aromatic rings. The van der Waals surface area contributed by atoms with E-state index in [0.717, 1.165) is 43.9 Å². The fourth-order valence-electron chi connectivity index (χ4n) is 5.40. The van der Waals surface area contributed by atoms with Gasteiger partial charge in [0.2, 0.25) is 5.91 Å². The maximum Gasteiger partial charge on any atom is 0.224 e. The van der Waals surface area contributed by atoms with E-state index >= 15 is 0 Å². The zero-order valence-corrected chi connectivity index (χ0v) is 26.4. The van der Waals surface area contributed by atoms with Gasteiger partial charge in [-0.1, -0.05) is 18.5 Å². The molecule has 5 rings (SSSR count). The number of carbonyl (C=O) groups excluding carboxylic acids is 1. The number of hydrogen-bond donors (Lipinski definition) is 2. The zero-order chi connectivity index (χ0) is 31.2. The number of carbonyl (C=O) groups is 1. The predicted molar refractivity (Wildman–Crippen MR) is 173 cm³/mol. The van der Waals surface area contributed by atoms with Gasteiger partial charge >= 0.3 is 0 Å². The molecule has 0 saturated carbocycles. The normalized spacial score (nSPS) is 14.2. The van der Waals surface area contributed by atoms with E-state index < -0.39 is 0 Å². The molecule has 1 aliphatic heterocycles. The zero-order valence-electron chi connectivity index (χ0n) is 25.6. The first kappa shape index (κ1) is 31.1. The number of rotatable bonds is 12. The first-order chi connectivity index (χ1) is 21.2. The molecular weight excluding hydrogens is 578 g/mol. The summed E-state index contributed by atoms with van der Waals surface area (Å²) >= 11 is 6.64. The van der Waals surface area contributed by atoms with Crippen molar-refractivity contribution in [3.8, 4) is 17.6 Å². The highest BCUT2D eigenvalue weighted by molar-refractivity contribution is 6.32. The molecule has 2 N–H and O–H groups in total. The summed E-state index contributed by atoms with van der Waals surface area (Å²) in [5, 5.41) is 17.3. The Morgan fingerprint density at radius 3 is 2.80 bits per heavy atom. The van der Waals surface area contributed by atoms with Crippen molar-refractivity contribution in [1.82, 2.24) is 19.4 Å². The van der Waals surface area contributed by atoms with Crippen molar-refractivity contribution in [1.29, 1.82) is 5.26 Å². The Labute approximate surface area is 262 Å². The number of fused-ring (bicyclic) bond motifs is 2. The van der Waals surface area contributed by atoms with Crippen LogP contribution in [0.15, 0.2) is 42.7 Å². The van der Waals surface area contributed by atoms with E-state index in [0.29, 0.717) is 75.6 Å². The van der Waals surface area contributed by atoms with Crippen LogP contribution < -0.4 is 20.1 Å². The number of anilines is 3. The molecule has 1 unspecified atom stereocenters. The fraction of sp³-hybridized carbons (Fsp3) is 0.394. The first-order valence-electron chi connectivity index (χ1n) is 14.9. The van der Waals surface area contributed by atoms with E-state index in [4.69, 9.17) is 26.1 Å². The second-order valence-electron chi connectivity index (χ2n) is 11.3. The van der Waals surface area contributed by atoms with Gasteiger partial charge in [-0.25, -0.2) is 4.98 Å². The summed E-state index contributed by atoms with van der Waals surface area (Å²) in [7, 11) is 3.95. The van der Waals surface area contributed by atoms with Crippen molar-refractivity contribution in [2.45, 2.75) is 58.6 Å². The number of nitrogens with zero attached hydrogens (tertiary/aromatic N) is 5. The highest BCUT2D eigenvalue weighted by Gasteiger charge is 2.20. The van der Waals surface area contributed by atoms with Gasteiger partial charge < -0.3 is 29.6 Å². The Morgan fingerprint density at radius 1 is 1.23 bits per heavy atom. The minimum atomic E-state index is -0.112. The lowest BCUT2D eigenvalue weighted by atomic mass is 10.0. The molecule has 44 heavy (non-hydrogen) atoms. The number of ether oxygens (including phenoxy) is 2. The van der Waals surface area contributed by atoms with Gasteiger partial charge in [0.25, 0.3) is 0 Å². The standard InChI is InChI=1S/C33H38ClN7O3/c1-5-43-30-16-27-25(15-28(30)39-31(42)9-7-12-40(3)4)32(22(17-35)18-36-27)37-23-10-11-29(26(34)14-23)44-20-24-19-41-13-6-8-21(2)33(41)38-24/h10-11,14-16,18-19,21H,5-9,12-13,20H2,1-4H3,(H,36,37)(H,39,42). The van der Waals surface area contributed by atoms with E-state index in [1.807, 2.05) is 32.0 Å². The maximum atomic E-state index is 12.8. The van der Waals surface area contributed by atoms with Crippen LogP contribution in [0.5, 0.6) is 11.5 Å². The number of imidazole rings is 1. The van der Waals surface area contributed by atoms with Gasteiger partial charge in [-0.3, -0.25) is 9.78 Å². The summed E-state index contributed by atoms with van der Waals surface area (Å²) in [6, 6.07) is 11.2. The minimum Gasteiger partial charge on any atom is -0.492 e. The average Bonchev–Trinajstić information content (AvgIpc) is 3.42. The lowest BCUT2D eigenvalue weighted by Crippen LogP contribution is -2.17. The second kappa shape index (κ2) is 14.0. The molecule has 10 nitrogen and oxygen atoms in total. The summed E-state index contributed by atoms with van der Waals surface area (Å²) < 4.78 is 14.1. The van der Waals surface area contributed by atoms with Crippen LogP contribution in [0.2, 0.25) is 5.02 Å². The summed E-state index contributed by atoms with van der Waals surface area (Å²) in [4.78, 5) is 24.1. The lowest BCUT2D eigenvalue weighted by molar-refractivity contribution is -0.116. The number of amides is 1. The Balaban J connectivity index is 1.37. The Kier molecular flexibility index (Phi) is 9.88. The monoisotopic (exact) mass is 615 g/mol. The van der Waals surface area contributed by atoms with Gasteiger partial charge in [-0.05, 0) is 71.1 Å². The van der Waals surface area contributed by atoms with Crippen molar-refractivity contribution in [2.75, 3.05) is 37.9 Å². The highest BCUT2D eigenvalue weighted by atomic mass is 35.5. The van der Waals surface area contributed by atoms with Crippen molar-refractivity contribution >= 4 is 45.5 Å². The molecule has 1 atom stereocenters. The quantitative estimate of drug-likeness (QED) is 0.178. The van der Waals surface area contributed by atoms with E-state index in [2.05, 4.69) is 39.4 Å². The van der Waals surface area contributed by atoms with Crippen LogP contribution in [-0.2, 0) is 17.9 Å². The highest BCUT2D eigenvalue weighted by Crippen LogP contribution is 2.37. The largest absolute Gasteiger partial charge is 0.492 e. The lowest BCUT2D eigenvalue weighted by Gasteiger charge is -2.19. The molecule has 0 aliphatic carbocycles. The van der Waals surface area contributed by atoms with Crippen LogP contribution in [0.1, 0.15) is 62.5 Å². The molecular formula is C33H38ClN7O3. The molecule has 2 aromatic carbocycles. The van der Waals surface area contributed by atoms with Crippen LogP contribution >= 0.6 is 11.6 Å². The van der Waals surface area contributed by atoms with Crippen LogP contribution in [0, 0.1) is 11.3 Å². The topological polar surface area (TPSA) is 117 Å². The van der Waals surface area contributed by atoms with Crippen molar-refractivity contribution in [3.05, 3.63) is 64.8 Å². The van der Waals surface area contributed by atoms with Gasteiger partial charge in [0.15, 0.2) is 0 Å². The minimum absolute atomic E-state index is 0.112. The summed E-state index contributed by atoms with van der Waals surface area (Å²) in [6.07, 6.45) is 6.99. The Morgan fingerprint density at radius 2 is 2.07 bits per heavy atom. The SMILES string of the molecule is CCOc1cc2ncc(C#N)c(Nc3ccc(OCc4cn5c(n4)C(C)CCC5)c(Cl)c3)c2cc1NC(=O)CCCN(C)C. The summed E-state index contributed by atoms with van der Waals surface area (Å²) in [5.41, 5.74) is 3.57. The molecule has 230 valence electrons. The maximum absolute atomic E-state index is 12.8. The second-order valence-corrected chi connectivity index (χ2v) is 11.7. The molecule has 1 aliphatic rings. The molecule has 0 bridgehead atoms. The van der Waals surface area contributed by atoms with Gasteiger partial charge in [0.1, 0.15) is 30.0 Å². The summed E-state index contributed by atoms with van der Waals surface area (Å²) in [5.74, 6) is 2.50. The molecule has 0 radical (unpaired) electrons. The number of hydrogen-bond acceptors (Lipinski definition) is 8. The molecule has 0 spiro atoms. The van der Waals surface area contributed by atoms with Crippen molar-refractivity contribution < 1.29 is 14.3 Å². The van der Waals surface area contributed by atoms with Gasteiger partial charge in [-0.2, -0.15) is 5.26 Å². The van der Waals surface area contributed by atoms with Crippen LogP contribution in [0.25, 0.3) is 10.9 Å². The smallest absolute Gasteiger partial charge is 0.224 e. The number of pyridine rings is 1. The number of nitriles is 1. The fourth-order valence-corrected chi connectivity index (χ4v) is 5.63. The van der Waals surface area contributed by atoms with Gasteiger partial charge in [0.05, 0.1) is 39.8 Å². The van der Waals surface area contributed by atoms with Crippen LogP contribution in [-0.4, -0.2) is 52.6 Å². The first-order valence-corrected chi connectivity index (χ1v) is 15.3. The van der Waals surface area contributed by atoms with Gasteiger partial charge in [-0.15, -0.1) is 0 Å².